The van der Waals surface area contributed by atoms with E-state index in [9.17, 15) is 9.90 Å². The van der Waals surface area contributed by atoms with Crippen LogP contribution in [-0.4, -0.2) is 22.0 Å². The predicted octanol–water partition coefficient (Wildman–Crippen LogP) is 3.46. The van der Waals surface area contributed by atoms with Crippen LogP contribution in [0.5, 0.6) is 0 Å². The second kappa shape index (κ2) is 6.00. The summed E-state index contributed by atoms with van der Waals surface area (Å²) in [5.74, 6) is -0.753. The highest BCUT2D eigenvalue weighted by Crippen LogP contribution is 2.27. The highest BCUT2D eigenvalue weighted by Gasteiger charge is 2.31. The lowest BCUT2D eigenvalue weighted by molar-refractivity contribution is -0.144. The first-order chi connectivity index (χ1) is 10.1. The first kappa shape index (κ1) is 14.3. The lowest BCUT2D eigenvalue weighted by Gasteiger charge is -2.34. The van der Waals surface area contributed by atoms with Crippen molar-refractivity contribution in [3.05, 3.63) is 69.7 Å². The molecule has 0 amide bonds. The fraction of sp³-hybridized carbons (Fsp3) is 0.235. The van der Waals surface area contributed by atoms with Gasteiger partial charge in [0.1, 0.15) is 6.04 Å². The van der Waals surface area contributed by atoms with Crippen molar-refractivity contribution >= 4 is 21.9 Å². The second-order valence-corrected chi connectivity index (χ2v) is 6.18. The molecule has 4 heteroatoms. The summed E-state index contributed by atoms with van der Waals surface area (Å²) >= 11 is 3.54. The number of hydrogen-bond donors (Lipinski definition) is 1. The van der Waals surface area contributed by atoms with Crippen molar-refractivity contribution in [2.24, 2.45) is 0 Å². The molecular formula is C17H16BrNO2. The van der Waals surface area contributed by atoms with Crippen LogP contribution >= 0.6 is 15.9 Å². The van der Waals surface area contributed by atoms with E-state index in [1.807, 2.05) is 47.4 Å². The number of carbonyl (C=O) groups is 1. The Morgan fingerprint density at radius 3 is 2.52 bits per heavy atom. The van der Waals surface area contributed by atoms with E-state index in [0.29, 0.717) is 19.5 Å². The molecule has 1 aliphatic rings. The maximum Gasteiger partial charge on any atom is 0.321 e. The molecule has 1 heterocycles. The standard InChI is InChI=1S/C17H16BrNO2/c18-15-8-4-3-7-14(15)11-19-10-13-6-2-1-5-12(13)9-16(19)17(20)21/h1-8,16H,9-11H2,(H,20,21). The average molecular weight is 346 g/mol. The third kappa shape index (κ3) is 3.01. The molecule has 1 atom stereocenters. The summed E-state index contributed by atoms with van der Waals surface area (Å²) in [7, 11) is 0. The number of rotatable bonds is 3. The van der Waals surface area contributed by atoms with E-state index in [0.717, 1.165) is 15.6 Å². The summed E-state index contributed by atoms with van der Waals surface area (Å²) in [6.07, 6.45) is 0.565. The van der Waals surface area contributed by atoms with E-state index < -0.39 is 12.0 Å². The molecule has 0 spiro atoms. The molecule has 0 radical (unpaired) electrons. The van der Waals surface area contributed by atoms with E-state index in [-0.39, 0.29) is 0 Å². The maximum absolute atomic E-state index is 11.6. The van der Waals surface area contributed by atoms with Gasteiger partial charge in [0.25, 0.3) is 0 Å². The van der Waals surface area contributed by atoms with Crippen LogP contribution in [0, 0.1) is 0 Å². The molecule has 2 aromatic carbocycles. The number of carboxylic acid groups (broad SMARTS) is 1. The first-order valence-corrected chi connectivity index (χ1v) is 7.71. The van der Waals surface area contributed by atoms with Crippen LogP contribution in [0.3, 0.4) is 0 Å². The smallest absolute Gasteiger partial charge is 0.321 e. The molecule has 0 aromatic heterocycles. The molecule has 1 aliphatic heterocycles. The fourth-order valence-electron chi connectivity index (χ4n) is 2.83. The van der Waals surface area contributed by atoms with Gasteiger partial charge in [-0.05, 0) is 29.2 Å². The minimum absolute atomic E-state index is 0.466. The number of aliphatic carboxylic acids is 1. The van der Waals surface area contributed by atoms with Gasteiger partial charge in [0.2, 0.25) is 0 Å². The fourth-order valence-corrected chi connectivity index (χ4v) is 3.24. The van der Waals surface area contributed by atoms with Crippen LogP contribution in [-0.2, 0) is 24.3 Å². The highest BCUT2D eigenvalue weighted by atomic mass is 79.9. The van der Waals surface area contributed by atoms with Gasteiger partial charge in [-0.25, -0.2) is 0 Å². The van der Waals surface area contributed by atoms with Crippen molar-refractivity contribution in [3.63, 3.8) is 0 Å². The molecule has 0 bridgehead atoms. The summed E-state index contributed by atoms with van der Waals surface area (Å²) in [6, 6.07) is 15.6. The SMILES string of the molecule is O=C(O)C1Cc2ccccc2CN1Cc1ccccc1Br. The van der Waals surface area contributed by atoms with Crippen LogP contribution in [0.15, 0.2) is 53.0 Å². The topological polar surface area (TPSA) is 40.5 Å². The lowest BCUT2D eigenvalue weighted by atomic mass is 9.93. The van der Waals surface area contributed by atoms with Gasteiger partial charge in [0.05, 0.1) is 0 Å². The molecule has 21 heavy (non-hydrogen) atoms. The van der Waals surface area contributed by atoms with Crippen LogP contribution in [0.1, 0.15) is 16.7 Å². The predicted molar refractivity (Wildman–Crippen MR) is 85.0 cm³/mol. The number of fused-ring (bicyclic) bond motifs is 1. The molecule has 3 nitrogen and oxygen atoms in total. The van der Waals surface area contributed by atoms with E-state index in [1.165, 1.54) is 5.56 Å². The lowest BCUT2D eigenvalue weighted by Crippen LogP contribution is -2.45. The number of hydrogen-bond acceptors (Lipinski definition) is 2. The Labute approximate surface area is 132 Å². The zero-order chi connectivity index (χ0) is 14.8. The third-order valence-corrected chi connectivity index (χ3v) is 4.74. The van der Waals surface area contributed by atoms with Gasteiger partial charge in [0.15, 0.2) is 0 Å². The molecule has 0 aliphatic carbocycles. The largest absolute Gasteiger partial charge is 0.480 e. The van der Waals surface area contributed by atoms with Gasteiger partial charge in [-0.1, -0.05) is 58.4 Å². The second-order valence-electron chi connectivity index (χ2n) is 5.32. The van der Waals surface area contributed by atoms with Gasteiger partial charge in [-0.2, -0.15) is 0 Å². The van der Waals surface area contributed by atoms with Gasteiger partial charge in [-0.3, -0.25) is 9.69 Å². The number of carboxylic acids is 1. The number of nitrogens with zero attached hydrogens (tertiary/aromatic N) is 1. The Balaban J connectivity index is 1.89. The van der Waals surface area contributed by atoms with Crippen LogP contribution in [0.25, 0.3) is 0 Å². The molecule has 0 saturated carbocycles. The normalized spacial score (nSPS) is 18.2. The summed E-state index contributed by atoms with van der Waals surface area (Å²) in [5.41, 5.74) is 3.48. The van der Waals surface area contributed by atoms with Crippen molar-refractivity contribution in [1.82, 2.24) is 4.90 Å². The van der Waals surface area contributed by atoms with Crippen molar-refractivity contribution in [3.8, 4) is 0 Å². The zero-order valence-electron chi connectivity index (χ0n) is 11.5. The van der Waals surface area contributed by atoms with E-state index in [1.54, 1.807) is 0 Å². The zero-order valence-corrected chi connectivity index (χ0v) is 13.1. The Kier molecular flexibility index (Phi) is 4.08. The van der Waals surface area contributed by atoms with Crippen molar-refractivity contribution in [1.29, 1.82) is 0 Å². The summed E-state index contributed by atoms with van der Waals surface area (Å²) < 4.78 is 1.02. The highest BCUT2D eigenvalue weighted by molar-refractivity contribution is 9.10. The summed E-state index contributed by atoms with van der Waals surface area (Å²) in [4.78, 5) is 13.6. The monoisotopic (exact) mass is 345 g/mol. The van der Waals surface area contributed by atoms with Gasteiger partial charge >= 0.3 is 5.97 Å². The Morgan fingerprint density at radius 2 is 1.81 bits per heavy atom. The molecule has 108 valence electrons. The average Bonchev–Trinajstić information content (AvgIpc) is 2.48. The molecule has 1 unspecified atom stereocenters. The van der Waals surface area contributed by atoms with Crippen LogP contribution < -0.4 is 0 Å². The molecule has 3 rings (SSSR count). The van der Waals surface area contributed by atoms with Crippen LogP contribution in [0.4, 0.5) is 0 Å². The molecule has 0 saturated heterocycles. The Morgan fingerprint density at radius 1 is 1.14 bits per heavy atom. The molecule has 2 aromatic rings. The summed E-state index contributed by atoms with van der Waals surface area (Å²) in [6.45, 7) is 1.31. The van der Waals surface area contributed by atoms with Crippen LogP contribution in [0.2, 0.25) is 0 Å². The Hall–Kier alpha value is -1.65. The van der Waals surface area contributed by atoms with Gasteiger partial charge in [0, 0.05) is 17.6 Å². The molecular weight excluding hydrogens is 330 g/mol. The van der Waals surface area contributed by atoms with Crippen molar-refractivity contribution in [2.45, 2.75) is 25.6 Å². The van der Waals surface area contributed by atoms with Gasteiger partial charge in [-0.15, -0.1) is 0 Å². The van der Waals surface area contributed by atoms with Crippen molar-refractivity contribution in [2.75, 3.05) is 0 Å². The Bertz CT molecular complexity index is 671. The molecule has 0 fully saturated rings. The first-order valence-electron chi connectivity index (χ1n) is 6.92. The number of halogens is 1. The minimum Gasteiger partial charge on any atom is -0.480 e. The quantitative estimate of drug-likeness (QED) is 0.925. The van der Waals surface area contributed by atoms with Gasteiger partial charge < -0.3 is 5.11 Å². The maximum atomic E-state index is 11.6. The number of benzene rings is 2. The van der Waals surface area contributed by atoms with E-state index >= 15 is 0 Å². The third-order valence-electron chi connectivity index (χ3n) is 3.96. The van der Waals surface area contributed by atoms with E-state index in [4.69, 9.17) is 0 Å². The van der Waals surface area contributed by atoms with E-state index in [2.05, 4.69) is 22.0 Å². The van der Waals surface area contributed by atoms with Crippen molar-refractivity contribution < 1.29 is 9.90 Å². The summed E-state index contributed by atoms with van der Waals surface area (Å²) in [5, 5.41) is 9.53. The minimum atomic E-state index is -0.753. The molecule has 1 N–H and O–H groups in total.